The van der Waals surface area contributed by atoms with Gasteiger partial charge < -0.3 is 48.7 Å². The number of fused-ring (bicyclic) bond motifs is 1. The van der Waals surface area contributed by atoms with Crippen molar-refractivity contribution in [1.82, 2.24) is 19.5 Å². The molecule has 1 amide bonds. The van der Waals surface area contributed by atoms with Gasteiger partial charge in [0.05, 0.1) is 33.3 Å². The number of imidazole rings is 1. The number of aromatic nitrogens is 4. The number of amides is 1. The number of anilines is 1. The molecular weight excluding hydrogens is 842 g/mol. The third-order valence-corrected chi connectivity index (χ3v) is 16.8. The molecule has 336 valence electrons. The first-order valence-electron chi connectivity index (χ1n) is 21.0. The molecule has 4 heterocycles. The number of hydrogen-bond acceptors (Lipinski definition) is 13. The van der Waals surface area contributed by atoms with Crippen LogP contribution in [0.4, 0.5) is 10.2 Å². The first-order chi connectivity index (χ1) is 30.9. The first-order valence-corrected chi connectivity index (χ1v) is 22.9. The molecule has 0 spiro atoms. The highest BCUT2D eigenvalue weighted by Crippen LogP contribution is 2.42. The zero-order chi connectivity index (χ0) is 45.0. The van der Waals surface area contributed by atoms with Crippen molar-refractivity contribution < 1.29 is 52.6 Å². The molecule has 9 atom stereocenters. The van der Waals surface area contributed by atoms with Gasteiger partial charge in [0.2, 0.25) is 0 Å². The number of nitrogens with zero attached hydrogens (tertiary/aromatic N) is 4. The molecule has 6 aromatic rings. The number of benzene rings is 4. The normalized spacial score (nSPS) is 25.0. The maximum absolute atomic E-state index is 16.1. The van der Waals surface area contributed by atoms with Crippen LogP contribution in [0, 0.1) is 0 Å². The molecule has 0 radical (unpaired) electrons. The maximum Gasteiger partial charge on any atom is 0.261 e. The van der Waals surface area contributed by atoms with E-state index in [4.69, 9.17) is 28.1 Å². The lowest BCUT2D eigenvalue weighted by molar-refractivity contribution is -0.306. The summed E-state index contributed by atoms with van der Waals surface area (Å²) in [7, 11) is -1.64. The Morgan fingerprint density at radius 2 is 1.47 bits per heavy atom. The molecule has 0 unspecified atom stereocenters. The van der Waals surface area contributed by atoms with E-state index in [1.54, 1.807) is 48.1 Å². The van der Waals surface area contributed by atoms with Gasteiger partial charge in [-0.05, 0) is 45.2 Å². The van der Waals surface area contributed by atoms with Crippen LogP contribution in [-0.2, 0) is 30.0 Å². The first kappa shape index (κ1) is 45.1. The van der Waals surface area contributed by atoms with Gasteiger partial charge in [-0.2, -0.15) is 0 Å². The number of aliphatic hydroxyl groups excluding tert-OH is 3. The largest absolute Gasteiger partial charge is 0.497 e. The highest BCUT2D eigenvalue weighted by molar-refractivity contribution is 6.99. The Bertz CT molecular complexity index is 2420. The van der Waals surface area contributed by atoms with E-state index in [0.717, 1.165) is 15.9 Å². The van der Waals surface area contributed by atoms with Crippen molar-refractivity contribution >= 4 is 41.6 Å². The van der Waals surface area contributed by atoms with Gasteiger partial charge in [-0.3, -0.25) is 9.36 Å². The molecule has 2 aliphatic heterocycles. The minimum atomic E-state index is -3.21. The van der Waals surface area contributed by atoms with Gasteiger partial charge in [-0.15, -0.1) is 0 Å². The molecule has 2 saturated heterocycles. The van der Waals surface area contributed by atoms with Crippen LogP contribution in [0.3, 0.4) is 0 Å². The molecule has 0 aliphatic carbocycles. The van der Waals surface area contributed by atoms with Gasteiger partial charge in [-0.25, -0.2) is 19.3 Å². The molecule has 2 aliphatic rings. The smallest absolute Gasteiger partial charge is 0.261 e. The predicted molar refractivity (Wildman–Crippen MR) is 236 cm³/mol. The van der Waals surface area contributed by atoms with Gasteiger partial charge in [-0.1, -0.05) is 112 Å². The molecule has 2 aromatic heterocycles. The van der Waals surface area contributed by atoms with Crippen LogP contribution in [0.15, 0.2) is 128 Å². The fourth-order valence-corrected chi connectivity index (χ4v) is 13.1. The van der Waals surface area contributed by atoms with Gasteiger partial charge in [0.25, 0.3) is 14.2 Å². The third-order valence-electron chi connectivity index (χ3n) is 11.8. The molecule has 8 rings (SSSR count). The number of carbonyl (C=O) groups is 1. The number of nitrogens with one attached hydrogen (secondary N) is 1. The quantitative estimate of drug-likeness (QED) is 0.107. The van der Waals surface area contributed by atoms with Crippen LogP contribution >= 0.6 is 0 Å². The second-order valence-corrected chi connectivity index (χ2v) is 21.1. The van der Waals surface area contributed by atoms with Crippen LogP contribution in [0.1, 0.15) is 42.9 Å². The highest BCUT2D eigenvalue weighted by Gasteiger charge is 2.55. The molecule has 17 heteroatoms. The van der Waals surface area contributed by atoms with Crippen molar-refractivity contribution in [2.75, 3.05) is 25.6 Å². The number of aliphatic hydroxyl groups is 3. The van der Waals surface area contributed by atoms with Crippen molar-refractivity contribution in [3.05, 3.63) is 139 Å². The van der Waals surface area contributed by atoms with Crippen LogP contribution in [0.5, 0.6) is 5.75 Å². The third kappa shape index (κ3) is 8.95. The number of ether oxygens (including phenoxy) is 5. The van der Waals surface area contributed by atoms with Crippen molar-refractivity contribution in [2.45, 2.75) is 87.7 Å². The summed E-state index contributed by atoms with van der Waals surface area (Å²) in [5, 5.41) is 35.9. The highest BCUT2D eigenvalue weighted by atomic mass is 28.4. The number of alkyl halides is 1. The standard InChI is InChI=1S/C47H52FN5O10Si/c1-47(2,3)64(32-16-10-6-11-17-32,33-18-12-7-13-19-33)60-26-35-40(63-46-36(48)39(56)38(55)34(24-54)62-46)41(59-25-29-20-22-31(58-4)23-21-29)45(61-35)53-28-51-37-42(49-27-50-43(37)53)52-44(57)30-14-8-5-9-15-30/h5-23,27-28,34-36,38-41,45-46,54-56H,24-26H2,1-4H3,(H,49,50,52,57)/t34-,35-,36-,38-,39-,40-,41-,45-,46-/m1/s1. The lowest BCUT2D eigenvalue weighted by Gasteiger charge is -2.44. The van der Waals surface area contributed by atoms with E-state index in [0.29, 0.717) is 11.3 Å². The Labute approximate surface area is 370 Å². The van der Waals surface area contributed by atoms with Crippen molar-refractivity contribution in [3.63, 3.8) is 0 Å². The Hall–Kier alpha value is -5.47. The van der Waals surface area contributed by atoms with Crippen LogP contribution < -0.4 is 20.4 Å². The molecule has 64 heavy (non-hydrogen) atoms. The fraction of sp³-hybridized carbons (Fsp3) is 0.362. The summed E-state index contributed by atoms with van der Waals surface area (Å²) >= 11 is 0. The van der Waals surface area contributed by atoms with E-state index in [9.17, 15) is 20.1 Å². The zero-order valence-electron chi connectivity index (χ0n) is 35.8. The Morgan fingerprint density at radius 3 is 2.08 bits per heavy atom. The Balaban J connectivity index is 1.22. The maximum atomic E-state index is 16.1. The summed E-state index contributed by atoms with van der Waals surface area (Å²) < 4.78 is 56.6. The van der Waals surface area contributed by atoms with E-state index in [1.807, 2.05) is 54.6 Å². The monoisotopic (exact) mass is 893 g/mol. The second kappa shape index (κ2) is 19.3. The van der Waals surface area contributed by atoms with Crippen LogP contribution in [-0.4, -0.2) is 118 Å². The molecule has 4 aromatic carbocycles. The summed E-state index contributed by atoms with van der Waals surface area (Å²) in [5.41, 5.74) is 1.73. The summed E-state index contributed by atoms with van der Waals surface area (Å²) in [5.74, 6) is 0.405. The lowest BCUT2D eigenvalue weighted by Crippen LogP contribution is -2.67. The predicted octanol–water partition coefficient (Wildman–Crippen LogP) is 4.31. The van der Waals surface area contributed by atoms with Crippen molar-refractivity contribution in [1.29, 1.82) is 0 Å². The Morgan fingerprint density at radius 1 is 0.828 bits per heavy atom. The molecule has 2 fully saturated rings. The minimum absolute atomic E-state index is 0.0296. The summed E-state index contributed by atoms with van der Waals surface area (Å²) in [6, 6.07) is 36.0. The lowest BCUT2D eigenvalue weighted by atomic mass is 10.00. The van der Waals surface area contributed by atoms with E-state index >= 15 is 4.39 Å². The van der Waals surface area contributed by atoms with E-state index in [2.05, 4.69) is 65.3 Å². The minimum Gasteiger partial charge on any atom is -0.497 e. The molecule has 15 nitrogen and oxygen atoms in total. The van der Waals surface area contributed by atoms with Gasteiger partial charge >= 0.3 is 0 Å². The zero-order valence-corrected chi connectivity index (χ0v) is 36.8. The van der Waals surface area contributed by atoms with E-state index < -0.39 is 81.2 Å². The van der Waals surface area contributed by atoms with Gasteiger partial charge in [0.15, 0.2) is 35.7 Å². The second-order valence-electron chi connectivity index (χ2n) is 16.8. The average molecular weight is 894 g/mol. The average Bonchev–Trinajstić information content (AvgIpc) is 3.90. The number of rotatable bonds is 15. The number of halogens is 1. The molecule has 0 saturated carbocycles. The van der Waals surface area contributed by atoms with E-state index in [1.165, 1.54) is 12.7 Å². The van der Waals surface area contributed by atoms with Crippen LogP contribution in [0.2, 0.25) is 5.04 Å². The summed E-state index contributed by atoms with van der Waals surface area (Å²) in [4.78, 5) is 26.8. The van der Waals surface area contributed by atoms with Crippen molar-refractivity contribution in [3.8, 4) is 5.75 Å². The number of hydrogen-bond donors (Lipinski definition) is 4. The Kier molecular flexibility index (Phi) is 13.6. The fourth-order valence-electron chi connectivity index (χ4n) is 8.50. The summed E-state index contributed by atoms with van der Waals surface area (Å²) in [6.07, 6.45) is -10.5. The molecule has 4 N–H and O–H groups in total. The van der Waals surface area contributed by atoms with Crippen molar-refractivity contribution in [2.24, 2.45) is 0 Å². The molecule has 0 bridgehead atoms. The van der Waals surface area contributed by atoms with E-state index in [-0.39, 0.29) is 30.2 Å². The SMILES string of the molecule is COc1ccc(CO[C@@H]2[C@H](O[C@H]3O[C@H](CO)[C@@H](O)[C@H](O)[C@H]3F)[C@@H](CO[Si](c3ccccc3)(c3ccccc3)C(C)(C)C)O[C@H]2n2cnc3c(NC(=O)c4ccccc4)ncnc32)cc1. The van der Waals surface area contributed by atoms with Gasteiger partial charge in [0.1, 0.15) is 48.7 Å². The van der Waals surface area contributed by atoms with Gasteiger partial charge in [0, 0.05) is 5.56 Å². The summed E-state index contributed by atoms with van der Waals surface area (Å²) in [6.45, 7) is 5.66. The number of methoxy groups -OCH3 is 1. The molecular formula is C47H52FN5O10Si. The topological polar surface area (TPSA) is 189 Å². The number of carbonyl (C=O) groups excluding carboxylic acids is 1. The van der Waals surface area contributed by atoms with Crippen LogP contribution in [0.25, 0.3) is 11.2 Å².